The molecule has 12 aromatic rings. The molecule has 0 N–H and O–H groups in total. The van der Waals surface area contributed by atoms with Gasteiger partial charge in [-0.2, -0.15) is 0 Å². The van der Waals surface area contributed by atoms with Crippen LogP contribution in [-0.4, -0.2) is 14.5 Å². The maximum absolute atomic E-state index is 6.91. The van der Waals surface area contributed by atoms with Crippen molar-refractivity contribution in [1.82, 2.24) is 14.5 Å². The number of fused-ring (bicyclic) bond motifs is 15. The molecule has 0 radical (unpaired) electrons. The fourth-order valence-corrected chi connectivity index (χ4v) is 8.52. The van der Waals surface area contributed by atoms with E-state index in [4.69, 9.17) is 18.8 Å². The maximum atomic E-state index is 6.91. The van der Waals surface area contributed by atoms with Crippen molar-refractivity contribution in [2.45, 2.75) is 0 Å². The SMILES string of the molecule is c1ccc(-c2nc(-c3ccccc3)c3cc(-n4c5ccccc5c5c6oc7ccccc7c6c6c(ccc7oc8ccccc8c76)c54)ccc3n2)cc1. The number of furan rings is 2. The Bertz CT molecular complexity index is 3450. The van der Waals surface area contributed by atoms with Crippen LogP contribution in [0, 0.1) is 0 Å². The minimum atomic E-state index is 0.705. The normalized spacial score (nSPS) is 12.2. The first kappa shape index (κ1) is 28.5. The zero-order chi connectivity index (χ0) is 34.6. The molecule has 53 heavy (non-hydrogen) atoms. The van der Waals surface area contributed by atoms with Crippen molar-refractivity contribution in [3.05, 3.63) is 164 Å². The standard InChI is InChI=1S/C48H27N3O2/c1-3-13-28(14-4-1)45-35-27-30(23-25-36(35)49-48(50-45)29-15-5-2-6-16-29)51-37-20-10-7-17-31(37)44-46(51)34-24-26-40-41(32-18-8-11-21-38(32)52-40)42(34)43-33-19-9-12-22-39(33)53-47(43)44/h1-27H. The van der Waals surface area contributed by atoms with E-state index in [9.17, 15) is 0 Å². The molecule has 5 heteroatoms. The molecule has 4 aromatic heterocycles. The second-order valence-corrected chi connectivity index (χ2v) is 13.7. The summed E-state index contributed by atoms with van der Waals surface area (Å²) in [4.78, 5) is 10.3. The third kappa shape index (κ3) is 3.96. The molecule has 5 nitrogen and oxygen atoms in total. The summed E-state index contributed by atoms with van der Waals surface area (Å²) in [5.41, 5.74) is 10.5. The van der Waals surface area contributed by atoms with Crippen molar-refractivity contribution in [3.8, 4) is 28.3 Å². The number of hydrogen-bond acceptors (Lipinski definition) is 4. The molecule has 0 unspecified atom stereocenters. The molecule has 0 bridgehead atoms. The summed E-state index contributed by atoms with van der Waals surface area (Å²) < 4.78 is 15.8. The fraction of sp³-hybridized carbons (Fsp3) is 0. The summed E-state index contributed by atoms with van der Waals surface area (Å²) in [6, 6.07) is 56.9. The minimum absolute atomic E-state index is 0.705. The number of para-hydroxylation sites is 3. The summed E-state index contributed by atoms with van der Waals surface area (Å²) in [5.74, 6) is 0.705. The first-order chi connectivity index (χ1) is 26.3. The number of rotatable bonds is 3. The summed E-state index contributed by atoms with van der Waals surface area (Å²) in [5, 5.41) is 9.85. The molecule has 0 amide bonds. The lowest BCUT2D eigenvalue weighted by Gasteiger charge is -2.14. The molecule has 12 rings (SSSR count). The van der Waals surface area contributed by atoms with Gasteiger partial charge in [-0.25, -0.2) is 9.97 Å². The van der Waals surface area contributed by atoms with Crippen LogP contribution in [0.1, 0.15) is 0 Å². The Morgan fingerprint density at radius 1 is 0.415 bits per heavy atom. The Morgan fingerprint density at radius 2 is 1.08 bits per heavy atom. The third-order valence-electron chi connectivity index (χ3n) is 10.8. The first-order valence-corrected chi connectivity index (χ1v) is 17.8. The highest BCUT2D eigenvalue weighted by Crippen LogP contribution is 2.49. The van der Waals surface area contributed by atoms with Crippen LogP contribution in [-0.2, 0) is 0 Å². The largest absolute Gasteiger partial charge is 0.456 e. The molecular formula is C48H27N3O2. The van der Waals surface area contributed by atoms with Crippen LogP contribution in [0.4, 0.5) is 0 Å². The molecule has 0 aliphatic rings. The Morgan fingerprint density at radius 3 is 1.87 bits per heavy atom. The average Bonchev–Trinajstić information content (AvgIpc) is 3.91. The van der Waals surface area contributed by atoms with Crippen LogP contribution in [0.25, 0.3) is 116 Å². The topological polar surface area (TPSA) is 57.0 Å². The van der Waals surface area contributed by atoms with E-state index in [0.29, 0.717) is 5.82 Å². The third-order valence-corrected chi connectivity index (χ3v) is 10.8. The van der Waals surface area contributed by atoms with Gasteiger partial charge in [0.15, 0.2) is 5.82 Å². The Hall–Kier alpha value is -7.24. The van der Waals surface area contributed by atoms with Crippen LogP contribution in [0.3, 0.4) is 0 Å². The number of hydrogen-bond donors (Lipinski definition) is 0. The highest BCUT2D eigenvalue weighted by atomic mass is 16.3. The molecule has 0 aliphatic heterocycles. The summed E-state index contributed by atoms with van der Waals surface area (Å²) in [6.45, 7) is 0. The molecule has 246 valence electrons. The van der Waals surface area contributed by atoms with E-state index in [-0.39, 0.29) is 0 Å². The first-order valence-electron chi connectivity index (χ1n) is 17.8. The predicted octanol–water partition coefficient (Wildman–Crippen LogP) is 13.0. The quantitative estimate of drug-likeness (QED) is 0.187. The van der Waals surface area contributed by atoms with Gasteiger partial charge >= 0.3 is 0 Å². The molecule has 0 atom stereocenters. The van der Waals surface area contributed by atoms with Gasteiger partial charge in [0.05, 0.1) is 27.6 Å². The second-order valence-electron chi connectivity index (χ2n) is 13.7. The van der Waals surface area contributed by atoms with E-state index in [2.05, 4.69) is 126 Å². The molecule has 0 aliphatic carbocycles. The van der Waals surface area contributed by atoms with Crippen LogP contribution in [0.5, 0.6) is 0 Å². The van der Waals surface area contributed by atoms with Gasteiger partial charge in [0, 0.05) is 59.9 Å². The summed E-state index contributed by atoms with van der Waals surface area (Å²) >= 11 is 0. The van der Waals surface area contributed by atoms with Crippen molar-refractivity contribution >= 4 is 87.4 Å². The molecule has 0 fully saturated rings. The van der Waals surface area contributed by atoms with Crippen molar-refractivity contribution in [2.75, 3.05) is 0 Å². The van der Waals surface area contributed by atoms with E-state index in [1.165, 1.54) is 0 Å². The Balaban J connectivity index is 1.26. The van der Waals surface area contributed by atoms with E-state index in [1.807, 2.05) is 42.5 Å². The van der Waals surface area contributed by atoms with Crippen molar-refractivity contribution in [3.63, 3.8) is 0 Å². The van der Waals surface area contributed by atoms with Gasteiger partial charge in [0.25, 0.3) is 0 Å². The fourth-order valence-electron chi connectivity index (χ4n) is 8.52. The molecule has 0 saturated heterocycles. The number of aromatic nitrogens is 3. The van der Waals surface area contributed by atoms with E-state index in [1.54, 1.807) is 0 Å². The van der Waals surface area contributed by atoms with Gasteiger partial charge in [-0.05, 0) is 48.5 Å². The van der Waals surface area contributed by atoms with Crippen molar-refractivity contribution in [1.29, 1.82) is 0 Å². The van der Waals surface area contributed by atoms with E-state index >= 15 is 0 Å². The maximum Gasteiger partial charge on any atom is 0.160 e. The average molecular weight is 678 g/mol. The Kier molecular flexibility index (Phi) is 5.71. The lowest BCUT2D eigenvalue weighted by molar-refractivity contribution is 0.669. The smallest absolute Gasteiger partial charge is 0.160 e. The van der Waals surface area contributed by atoms with E-state index < -0.39 is 0 Å². The van der Waals surface area contributed by atoms with Gasteiger partial charge in [0.2, 0.25) is 0 Å². The zero-order valence-electron chi connectivity index (χ0n) is 28.2. The van der Waals surface area contributed by atoms with Crippen LogP contribution < -0.4 is 0 Å². The van der Waals surface area contributed by atoms with Gasteiger partial charge in [-0.3, -0.25) is 0 Å². The summed E-state index contributed by atoms with van der Waals surface area (Å²) in [7, 11) is 0. The molecule has 0 spiro atoms. The van der Waals surface area contributed by atoms with Crippen molar-refractivity contribution < 1.29 is 8.83 Å². The van der Waals surface area contributed by atoms with Crippen LogP contribution >= 0.6 is 0 Å². The number of benzene rings is 8. The monoisotopic (exact) mass is 677 g/mol. The second kappa shape index (κ2) is 10.6. The molecule has 8 aromatic carbocycles. The molecule has 4 heterocycles. The lowest BCUT2D eigenvalue weighted by Crippen LogP contribution is -1.99. The number of nitrogens with zero attached hydrogens (tertiary/aromatic N) is 3. The highest BCUT2D eigenvalue weighted by Gasteiger charge is 2.26. The summed E-state index contributed by atoms with van der Waals surface area (Å²) in [6.07, 6.45) is 0. The van der Waals surface area contributed by atoms with Gasteiger partial charge < -0.3 is 13.4 Å². The van der Waals surface area contributed by atoms with Crippen LogP contribution in [0.2, 0.25) is 0 Å². The van der Waals surface area contributed by atoms with Crippen molar-refractivity contribution in [2.24, 2.45) is 0 Å². The lowest BCUT2D eigenvalue weighted by atomic mass is 9.95. The Labute approximate surface area is 302 Å². The highest BCUT2D eigenvalue weighted by molar-refractivity contribution is 6.40. The molecular weight excluding hydrogens is 651 g/mol. The van der Waals surface area contributed by atoms with Crippen LogP contribution in [0.15, 0.2) is 173 Å². The zero-order valence-corrected chi connectivity index (χ0v) is 28.2. The van der Waals surface area contributed by atoms with E-state index in [0.717, 1.165) is 110 Å². The van der Waals surface area contributed by atoms with Gasteiger partial charge in [-0.15, -0.1) is 0 Å². The molecule has 0 saturated carbocycles. The predicted molar refractivity (Wildman–Crippen MR) is 217 cm³/mol. The van der Waals surface area contributed by atoms with Gasteiger partial charge in [0.1, 0.15) is 22.3 Å². The minimum Gasteiger partial charge on any atom is -0.456 e. The van der Waals surface area contributed by atoms with Gasteiger partial charge in [-0.1, -0.05) is 115 Å².